The molecule has 1 fully saturated rings. The highest BCUT2D eigenvalue weighted by atomic mass is 32.1. The minimum Gasteiger partial charge on any atom is -0.335 e. The van der Waals surface area contributed by atoms with Gasteiger partial charge in [-0.25, -0.2) is 0 Å². The Labute approximate surface area is 128 Å². The summed E-state index contributed by atoms with van der Waals surface area (Å²) >= 11 is 1.74. The number of hydrogen-bond donors (Lipinski definition) is 0. The molecule has 2 aromatic rings. The van der Waals surface area contributed by atoms with Crippen LogP contribution in [0.25, 0.3) is 0 Å². The van der Waals surface area contributed by atoms with Crippen LogP contribution in [0.2, 0.25) is 0 Å². The maximum atomic E-state index is 12.6. The Bertz CT molecular complexity index is 651. The Morgan fingerprint density at radius 3 is 2.62 bits per heavy atom. The normalized spacial score (nSPS) is 13.7. The summed E-state index contributed by atoms with van der Waals surface area (Å²) < 4.78 is 0. The molecule has 106 valence electrons. The second-order valence-electron chi connectivity index (χ2n) is 5.25. The fourth-order valence-electron chi connectivity index (χ4n) is 2.37. The quantitative estimate of drug-likeness (QED) is 0.848. The largest absolute Gasteiger partial charge is 0.335 e. The second-order valence-corrected chi connectivity index (χ2v) is 6.28. The molecule has 0 spiro atoms. The highest BCUT2D eigenvalue weighted by Gasteiger charge is 2.32. The lowest BCUT2D eigenvalue weighted by molar-refractivity contribution is 0.0745. The van der Waals surface area contributed by atoms with Crippen molar-refractivity contribution in [2.45, 2.75) is 25.3 Å². The predicted molar refractivity (Wildman–Crippen MR) is 83.2 cm³/mol. The van der Waals surface area contributed by atoms with Crippen molar-refractivity contribution in [3.63, 3.8) is 0 Å². The van der Waals surface area contributed by atoms with Gasteiger partial charge < -0.3 is 4.90 Å². The van der Waals surface area contributed by atoms with Gasteiger partial charge in [0.2, 0.25) is 0 Å². The van der Waals surface area contributed by atoms with Crippen molar-refractivity contribution >= 4 is 17.2 Å². The van der Waals surface area contributed by atoms with E-state index in [1.165, 1.54) is 4.88 Å². The Hall–Kier alpha value is -2.12. The lowest BCUT2D eigenvalue weighted by Gasteiger charge is -2.22. The van der Waals surface area contributed by atoms with Gasteiger partial charge in [0.05, 0.1) is 11.6 Å². The highest BCUT2D eigenvalue weighted by molar-refractivity contribution is 7.09. The van der Waals surface area contributed by atoms with E-state index in [4.69, 9.17) is 5.26 Å². The van der Waals surface area contributed by atoms with E-state index in [9.17, 15) is 4.79 Å². The van der Waals surface area contributed by atoms with Gasteiger partial charge in [-0.05, 0) is 55.0 Å². The molecule has 0 bridgehead atoms. The van der Waals surface area contributed by atoms with E-state index in [1.54, 1.807) is 35.6 Å². The van der Waals surface area contributed by atoms with Gasteiger partial charge in [-0.3, -0.25) is 4.79 Å². The third-order valence-corrected chi connectivity index (χ3v) is 4.62. The molecule has 1 heterocycles. The van der Waals surface area contributed by atoms with Gasteiger partial charge in [-0.15, -0.1) is 11.3 Å². The van der Waals surface area contributed by atoms with Crippen LogP contribution in [0.5, 0.6) is 0 Å². The summed E-state index contributed by atoms with van der Waals surface area (Å²) in [6.45, 7) is 0.768. The Morgan fingerprint density at radius 2 is 2.05 bits per heavy atom. The molecule has 21 heavy (non-hydrogen) atoms. The molecule has 0 saturated heterocycles. The first-order valence-electron chi connectivity index (χ1n) is 7.11. The number of carbonyl (C=O) groups excluding carboxylic acids is 1. The van der Waals surface area contributed by atoms with E-state index in [0.29, 0.717) is 17.2 Å². The van der Waals surface area contributed by atoms with Crippen LogP contribution in [0.15, 0.2) is 41.8 Å². The Kier molecular flexibility index (Phi) is 4.03. The third-order valence-electron chi connectivity index (χ3n) is 3.69. The molecule has 4 heteroatoms. The molecule has 1 aromatic carbocycles. The summed E-state index contributed by atoms with van der Waals surface area (Å²) in [5.41, 5.74) is 1.26. The van der Waals surface area contributed by atoms with Crippen LogP contribution in [-0.2, 0) is 6.42 Å². The average Bonchev–Trinajstić information content (AvgIpc) is 3.22. The van der Waals surface area contributed by atoms with Crippen molar-refractivity contribution < 1.29 is 4.79 Å². The Morgan fingerprint density at radius 1 is 1.29 bits per heavy atom. The van der Waals surface area contributed by atoms with Crippen LogP contribution in [0, 0.1) is 11.3 Å². The topological polar surface area (TPSA) is 44.1 Å². The van der Waals surface area contributed by atoms with Gasteiger partial charge >= 0.3 is 0 Å². The molecule has 0 N–H and O–H groups in total. The summed E-state index contributed by atoms with van der Waals surface area (Å²) in [7, 11) is 0. The fraction of sp³-hybridized carbons (Fsp3) is 0.294. The summed E-state index contributed by atoms with van der Waals surface area (Å²) in [6, 6.07) is 13.5. The van der Waals surface area contributed by atoms with Crippen molar-refractivity contribution in [1.82, 2.24) is 4.90 Å². The summed E-state index contributed by atoms with van der Waals surface area (Å²) in [6.07, 6.45) is 3.12. The van der Waals surface area contributed by atoms with Gasteiger partial charge in [0.25, 0.3) is 5.91 Å². The minimum atomic E-state index is 0.0820. The lowest BCUT2D eigenvalue weighted by Crippen LogP contribution is -2.34. The molecule has 1 amide bonds. The van der Waals surface area contributed by atoms with Crippen LogP contribution in [0.1, 0.15) is 33.6 Å². The SMILES string of the molecule is N#Cc1ccc(C(=O)N(CCc2cccs2)C2CC2)cc1. The molecule has 1 aliphatic carbocycles. The first-order valence-corrected chi connectivity index (χ1v) is 7.99. The van der Waals surface area contributed by atoms with E-state index in [0.717, 1.165) is 25.8 Å². The van der Waals surface area contributed by atoms with Crippen LogP contribution in [-0.4, -0.2) is 23.4 Å². The number of benzene rings is 1. The molecule has 0 radical (unpaired) electrons. The van der Waals surface area contributed by atoms with Crippen LogP contribution in [0.4, 0.5) is 0 Å². The number of nitriles is 1. The minimum absolute atomic E-state index is 0.0820. The second kappa shape index (κ2) is 6.11. The van der Waals surface area contributed by atoms with Crippen molar-refractivity contribution in [3.8, 4) is 6.07 Å². The van der Waals surface area contributed by atoms with Gasteiger partial charge in [0.1, 0.15) is 0 Å². The van der Waals surface area contributed by atoms with E-state index in [2.05, 4.69) is 17.5 Å². The molecule has 0 aliphatic heterocycles. The number of rotatable bonds is 5. The monoisotopic (exact) mass is 296 g/mol. The van der Waals surface area contributed by atoms with Gasteiger partial charge in [0.15, 0.2) is 0 Å². The van der Waals surface area contributed by atoms with Crippen molar-refractivity contribution in [3.05, 3.63) is 57.8 Å². The smallest absolute Gasteiger partial charge is 0.254 e. The van der Waals surface area contributed by atoms with Crippen LogP contribution >= 0.6 is 11.3 Å². The number of carbonyl (C=O) groups is 1. The number of hydrogen-bond acceptors (Lipinski definition) is 3. The zero-order chi connectivity index (χ0) is 14.7. The molecule has 1 aromatic heterocycles. The first kappa shape index (κ1) is 13.8. The van der Waals surface area contributed by atoms with E-state index in [1.807, 2.05) is 11.0 Å². The lowest BCUT2D eigenvalue weighted by atomic mass is 10.1. The van der Waals surface area contributed by atoms with Gasteiger partial charge in [-0.1, -0.05) is 6.07 Å². The number of nitrogens with zero attached hydrogens (tertiary/aromatic N) is 2. The zero-order valence-electron chi connectivity index (χ0n) is 11.7. The maximum absolute atomic E-state index is 12.6. The molecule has 0 atom stereocenters. The molecule has 0 unspecified atom stereocenters. The Balaban J connectivity index is 1.70. The van der Waals surface area contributed by atoms with Crippen molar-refractivity contribution in [1.29, 1.82) is 5.26 Å². The standard InChI is InChI=1S/C17H16N2OS/c18-12-13-3-5-14(6-4-13)17(20)19(15-7-8-15)10-9-16-2-1-11-21-16/h1-6,11,15H,7-10H2. The molecule has 3 rings (SSSR count). The maximum Gasteiger partial charge on any atom is 0.254 e. The summed E-state index contributed by atoms with van der Waals surface area (Å²) in [5, 5.41) is 10.9. The fourth-order valence-corrected chi connectivity index (χ4v) is 3.07. The summed E-state index contributed by atoms with van der Waals surface area (Å²) in [4.78, 5) is 15.9. The first-order chi connectivity index (χ1) is 10.3. The van der Waals surface area contributed by atoms with Gasteiger partial charge in [-0.2, -0.15) is 5.26 Å². The van der Waals surface area contributed by atoms with Crippen LogP contribution in [0.3, 0.4) is 0 Å². The van der Waals surface area contributed by atoms with E-state index < -0.39 is 0 Å². The number of amides is 1. The van der Waals surface area contributed by atoms with E-state index in [-0.39, 0.29) is 5.91 Å². The van der Waals surface area contributed by atoms with Crippen molar-refractivity contribution in [2.24, 2.45) is 0 Å². The molecule has 1 aliphatic rings. The predicted octanol–water partition coefficient (Wildman–Crippen LogP) is 3.47. The average molecular weight is 296 g/mol. The zero-order valence-corrected chi connectivity index (χ0v) is 12.5. The number of thiophene rings is 1. The van der Waals surface area contributed by atoms with Crippen molar-refractivity contribution in [2.75, 3.05) is 6.54 Å². The molecular weight excluding hydrogens is 280 g/mol. The van der Waals surface area contributed by atoms with Crippen LogP contribution < -0.4 is 0 Å². The molecular formula is C17H16N2OS. The highest BCUT2D eigenvalue weighted by Crippen LogP contribution is 2.28. The van der Waals surface area contributed by atoms with E-state index >= 15 is 0 Å². The third kappa shape index (κ3) is 3.32. The molecule has 3 nitrogen and oxygen atoms in total. The summed E-state index contributed by atoms with van der Waals surface area (Å²) in [5.74, 6) is 0.0820. The van der Waals surface area contributed by atoms with Gasteiger partial charge in [0, 0.05) is 23.0 Å². The molecule has 1 saturated carbocycles.